The molecule has 1 saturated heterocycles. The van der Waals surface area contributed by atoms with E-state index in [1.54, 1.807) is 18.3 Å². The van der Waals surface area contributed by atoms with E-state index in [-0.39, 0.29) is 12.2 Å². The Labute approximate surface area is 93.6 Å². The number of carbonyl (C=O) groups excluding carboxylic acids is 1. The summed E-state index contributed by atoms with van der Waals surface area (Å²) in [5.41, 5.74) is 6.40. The fourth-order valence-corrected chi connectivity index (χ4v) is 1.58. The Kier molecular flexibility index (Phi) is 3.48. The maximum Gasteiger partial charge on any atom is 0.168 e. The number of nitrogens with two attached hydrogens (primary N) is 1. The van der Waals surface area contributed by atoms with E-state index in [9.17, 15) is 4.79 Å². The number of ether oxygens (including phenoxy) is 2. The van der Waals surface area contributed by atoms with Crippen molar-refractivity contribution in [2.24, 2.45) is 0 Å². The van der Waals surface area contributed by atoms with E-state index in [0.29, 0.717) is 25.6 Å². The van der Waals surface area contributed by atoms with Crippen LogP contribution in [0.4, 0.5) is 5.82 Å². The van der Waals surface area contributed by atoms with Gasteiger partial charge in [-0.05, 0) is 6.07 Å². The molecule has 1 atom stereocenters. The van der Waals surface area contributed by atoms with Gasteiger partial charge in [0.2, 0.25) is 0 Å². The van der Waals surface area contributed by atoms with Crippen molar-refractivity contribution in [3.63, 3.8) is 0 Å². The number of nitrogen functional groups attached to an aromatic ring is 1. The second-order valence-electron chi connectivity index (χ2n) is 3.63. The molecule has 0 amide bonds. The number of pyridine rings is 1. The van der Waals surface area contributed by atoms with E-state index in [1.165, 1.54) is 0 Å². The van der Waals surface area contributed by atoms with Gasteiger partial charge in [-0.1, -0.05) is 6.07 Å². The number of nitrogens with zero attached hydrogens (tertiary/aromatic N) is 1. The number of hydrogen-bond acceptors (Lipinski definition) is 5. The molecule has 5 heteroatoms. The van der Waals surface area contributed by atoms with Gasteiger partial charge in [0.25, 0.3) is 0 Å². The van der Waals surface area contributed by atoms with Gasteiger partial charge in [-0.15, -0.1) is 0 Å². The summed E-state index contributed by atoms with van der Waals surface area (Å²) in [5.74, 6) is 0.381. The molecule has 16 heavy (non-hydrogen) atoms. The van der Waals surface area contributed by atoms with Gasteiger partial charge in [0.15, 0.2) is 5.78 Å². The molecule has 0 aliphatic carbocycles. The molecule has 0 saturated carbocycles. The minimum Gasteiger partial charge on any atom is -0.383 e. The number of anilines is 1. The van der Waals surface area contributed by atoms with Crippen LogP contribution in [-0.4, -0.2) is 36.7 Å². The molecule has 0 aromatic carbocycles. The highest BCUT2D eigenvalue weighted by Crippen LogP contribution is 2.11. The molecule has 1 fully saturated rings. The lowest BCUT2D eigenvalue weighted by Gasteiger charge is -2.21. The zero-order valence-corrected chi connectivity index (χ0v) is 8.89. The van der Waals surface area contributed by atoms with E-state index in [0.717, 1.165) is 5.56 Å². The summed E-state index contributed by atoms with van der Waals surface area (Å²) < 4.78 is 10.5. The van der Waals surface area contributed by atoms with Crippen LogP contribution in [0.1, 0.15) is 5.56 Å². The van der Waals surface area contributed by atoms with Gasteiger partial charge in [-0.3, -0.25) is 4.79 Å². The zero-order chi connectivity index (χ0) is 11.4. The highest BCUT2D eigenvalue weighted by atomic mass is 16.6. The average molecular weight is 222 g/mol. The second kappa shape index (κ2) is 5.05. The lowest BCUT2D eigenvalue weighted by Crippen LogP contribution is -2.36. The first kappa shape index (κ1) is 11.0. The molecule has 86 valence electrons. The Bertz CT molecular complexity index is 375. The van der Waals surface area contributed by atoms with Crippen molar-refractivity contribution in [2.75, 3.05) is 25.6 Å². The Morgan fingerprint density at radius 2 is 2.44 bits per heavy atom. The average Bonchev–Trinajstić information content (AvgIpc) is 2.33. The molecule has 1 aliphatic heterocycles. The highest BCUT2D eigenvalue weighted by molar-refractivity contribution is 5.86. The summed E-state index contributed by atoms with van der Waals surface area (Å²) in [6.45, 7) is 1.36. The van der Waals surface area contributed by atoms with E-state index in [1.807, 2.05) is 0 Å². The largest absolute Gasteiger partial charge is 0.383 e. The van der Waals surface area contributed by atoms with Crippen molar-refractivity contribution in [1.29, 1.82) is 0 Å². The van der Waals surface area contributed by atoms with Crippen molar-refractivity contribution < 1.29 is 14.3 Å². The van der Waals surface area contributed by atoms with Crippen LogP contribution in [-0.2, 0) is 20.7 Å². The van der Waals surface area contributed by atoms with Gasteiger partial charge in [-0.25, -0.2) is 4.98 Å². The van der Waals surface area contributed by atoms with Crippen LogP contribution >= 0.6 is 0 Å². The van der Waals surface area contributed by atoms with E-state index in [2.05, 4.69) is 4.98 Å². The van der Waals surface area contributed by atoms with Crippen LogP contribution < -0.4 is 5.73 Å². The molecule has 2 rings (SSSR count). The standard InChI is InChI=1S/C11H14N2O3/c12-11-8(2-1-3-13-11)6-9(14)10-7-15-4-5-16-10/h1-3,10H,4-7H2,(H2,12,13). The first-order valence-corrected chi connectivity index (χ1v) is 5.19. The summed E-state index contributed by atoms with van der Waals surface area (Å²) in [7, 11) is 0. The Hall–Kier alpha value is -1.46. The zero-order valence-electron chi connectivity index (χ0n) is 8.89. The smallest absolute Gasteiger partial charge is 0.168 e. The van der Waals surface area contributed by atoms with Gasteiger partial charge < -0.3 is 15.2 Å². The molecule has 0 bridgehead atoms. The lowest BCUT2D eigenvalue weighted by atomic mass is 10.1. The molecular weight excluding hydrogens is 208 g/mol. The quantitative estimate of drug-likeness (QED) is 0.790. The van der Waals surface area contributed by atoms with Gasteiger partial charge in [-0.2, -0.15) is 0 Å². The van der Waals surface area contributed by atoms with Gasteiger partial charge in [0.05, 0.1) is 19.8 Å². The number of rotatable bonds is 3. The number of carbonyl (C=O) groups is 1. The third kappa shape index (κ3) is 2.56. The van der Waals surface area contributed by atoms with E-state index < -0.39 is 6.10 Å². The Morgan fingerprint density at radius 1 is 1.56 bits per heavy atom. The van der Waals surface area contributed by atoms with E-state index >= 15 is 0 Å². The molecule has 1 aliphatic rings. The van der Waals surface area contributed by atoms with E-state index in [4.69, 9.17) is 15.2 Å². The topological polar surface area (TPSA) is 74.4 Å². The summed E-state index contributed by atoms with van der Waals surface area (Å²) in [5, 5.41) is 0. The SMILES string of the molecule is Nc1ncccc1CC(=O)C1COCCO1. The van der Waals surface area contributed by atoms with Gasteiger partial charge >= 0.3 is 0 Å². The number of Topliss-reactive ketones (excluding diaryl/α,β-unsaturated/α-hetero) is 1. The van der Waals surface area contributed by atoms with Crippen LogP contribution in [0.5, 0.6) is 0 Å². The predicted molar refractivity (Wildman–Crippen MR) is 57.9 cm³/mol. The Balaban J connectivity index is 1.99. The molecule has 2 N–H and O–H groups in total. The Morgan fingerprint density at radius 3 is 3.12 bits per heavy atom. The molecule has 5 nitrogen and oxygen atoms in total. The normalized spacial score (nSPS) is 20.6. The first-order chi connectivity index (χ1) is 7.77. The van der Waals surface area contributed by atoms with Crippen molar-refractivity contribution in [2.45, 2.75) is 12.5 Å². The van der Waals surface area contributed by atoms with Gasteiger partial charge in [0.1, 0.15) is 11.9 Å². The number of aromatic nitrogens is 1. The molecule has 2 heterocycles. The monoisotopic (exact) mass is 222 g/mol. The summed E-state index contributed by atoms with van der Waals surface area (Å²) >= 11 is 0. The summed E-state index contributed by atoms with van der Waals surface area (Å²) in [4.78, 5) is 15.8. The molecular formula is C11H14N2O3. The predicted octanol–water partition coefficient (Wildman–Crippen LogP) is 0.191. The molecule has 1 aromatic rings. The minimum absolute atomic E-state index is 0.0144. The second-order valence-corrected chi connectivity index (χ2v) is 3.63. The fraction of sp³-hybridized carbons (Fsp3) is 0.455. The number of ketones is 1. The lowest BCUT2D eigenvalue weighted by molar-refractivity contribution is -0.144. The van der Waals surface area contributed by atoms with Gasteiger partial charge in [0, 0.05) is 18.2 Å². The first-order valence-electron chi connectivity index (χ1n) is 5.19. The third-order valence-electron chi connectivity index (χ3n) is 2.47. The third-order valence-corrected chi connectivity index (χ3v) is 2.47. The van der Waals surface area contributed by atoms with Crippen LogP contribution in [0.3, 0.4) is 0 Å². The van der Waals surface area contributed by atoms with Crippen molar-refractivity contribution in [1.82, 2.24) is 4.98 Å². The summed E-state index contributed by atoms with van der Waals surface area (Å²) in [6, 6.07) is 3.56. The maximum atomic E-state index is 11.8. The molecule has 0 spiro atoms. The van der Waals surface area contributed by atoms with Crippen LogP contribution in [0.25, 0.3) is 0 Å². The number of hydrogen-bond donors (Lipinski definition) is 1. The minimum atomic E-state index is -0.464. The van der Waals surface area contributed by atoms with Crippen molar-refractivity contribution in [3.05, 3.63) is 23.9 Å². The van der Waals surface area contributed by atoms with Crippen LogP contribution in [0.15, 0.2) is 18.3 Å². The molecule has 0 radical (unpaired) electrons. The van der Waals surface area contributed by atoms with Crippen molar-refractivity contribution >= 4 is 11.6 Å². The maximum absolute atomic E-state index is 11.8. The van der Waals surface area contributed by atoms with Crippen LogP contribution in [0, 0.1) is 0 Å². The van der Waals surface area contributed by atoms with Crippen molar-refractivity contribution in [3.8, 4) is 0 Å². The molecule has 1 unspecified atom stereocenters. The highest BCUT2D eigenvalue weighted by Gasteiger charge is 2.23. The molecule has 1 aromatic heterocycles. The fourth-order valence-electron chi connectivity index (χ4n) is 1.58. The summed E-state index contributed by atoms with van der Waals surface area (Å²) in [6.07, 6.45) is 1.38. The van der Waals surface area contributed by atoms with Crippen LogP contribution in [0.2, 0.25) is 0 Å².